The third kappa shape index (κ3) is 4.82. The van der Waals surface area contributed by atoms with Gasteiger partial charge in [-0.15, -0.1) is 5.10 Å². The zero-order chi connectivity index (χ0) is 24.2. The number of rotatable bonds is 8. The molecule has 0 spiro atoms. The molecule has 2 amide bonds. The highest BCUT2D eigenvalue weighted by Crippen LogP contribution is 2.30. The van der Waals surface area contributed by atoms with Crippen molar-refractivity contribution < 1.29 is 14.0 Å². The van der Waals surface area contributed by atoms with E-state index in [-0.39, 0.29) is 24.4 Å². The molecule has 1 fully saturated rings. The van der Waals surface area contributed by atoms with Crippen LogP contribution in [-0.4, -0.2) is 32.9 Å². The second-order valence-corrected chi connectivity index (χ2v) is 8.93. The van der Waals surface area contributed by atoms with Crippen molar-refractivity contribution in [1.29, 1.82) is 0 Å². The Balaban J connectivity index is 1.53. The van der Waals surface area contributed by atoms with E-state index in [4.69, 9.17) is 4.42 Å². The van der Waals surface area contributed by atoms with Crippen molar-refractivity contribution in [2.75, 3.05) is 4.90 Å². The van der Waals surface area contributed by atoms with Crippen LogP contribution < -0.4 is 10.2 Å². The number of hydrogen-bond acceptors (Lipinski definition) is 5. The molecule has 2 aromatic heterocycles. The van der Waals surface area contributed by atoms with Crippen molar-refractivity contribution in [2.45, 2.75) is 57.7 Å². The first-order valence-corrected chi connectivity index (χ1v) is 12.2. The minimum Gasteiger partial charge on any atom is -0.467 e. The van der Waals surface area contributed by atoms with E-state index in [2.05, 4.69) is 22.6 Å². The molecule has 2 aromatic carbocycles. The maximum atomic E-state index is 13.9. The molecule has 1 aliphatic carbocycles. The van der Waals surface area contributed by atoms with E-state index in [0.29, 0.717) is 17.0 Å². The average Bonchev–Trinajstić information content (AvgIpc) is 3.66. The Morgan fingerprint density at radius 1 is 1.09 bits per heavy atom. The lowest BCUT2D eigenvalue weighted by Crippen LogP contribution is -2.47. The number of para-hydroxylation sites is 1. The molecular weight excluding hydrogens is 442 g/mol. The van der Waals surface area contributed by atoms with E-state index < -0.39 is 6.04 Å². The fourth-order valence-electron chi connectivity index (χ4n) is 4.74. The van der Waals surface area contributed by atoms with Gasteiger partial charge in [0.05, 0.1) is 11.8 Å². The fourth-order valence-corrected chi connectivity index (χ4v) is 4.74. The smallest absolute Gasteiger partial charge is 0.251 e. The molecule has 8 heteroatoms. The Morgan fingerprint density at radius 3 is 2.57 bits per heavy atom. The Labute approximate surface area is 203 Å². The second kappa shape index (κ2) is 10.1. The third-order valence-electron chi connectivity index (χ3n) is 6.62. The number of fused-ring (bicyclic) bond motifs is 1. The molecule has 1 aliphatic rings. The number of nitrogens with zero attached hydrogens (tertiary/aromatic N) is 4. The highest BCUT2D eigenvalue weighted by atomic mass is 16.3. The summed E-state index contributed by atoms with van der Waals surface area (Å²) in [6.45, 7) is 2.01. The number of anilines is 1. The first-order valence-electron chi connectivity index (χ1n) is 12.2. The Bertz CT molecular complexity index is 1290. The van der Waals surface area contributed by atoms with Gasteiger partial charge in [0.2, 0.25) is 5.91 Å². The number of aromatic nitrogens is 3. The summed E-state index contributed by atoms with van der Waals surface area (Å²) in [4.78, 5) is 29.1. The van der Waals surface area contributed by atoms with Gasteiger partial charge in [-0.1, -0.05) is 49.2 Å². The minimum absolute atomic E-state index is 0.0655. The molecule has 8 nitrogen and oxygen atoms in total. The van der Waals surface area contributed by atoms with Gasteiger partial charge in [0.1, 0.15) is 17.8 Å². The SMILES string of the molecule is CCc1ccc(N(C(=O)Cn2nnc3ccccc32)[C@@H](C(=O)NC2CCCC2)c2ccco2)cc1. The van der Waals surface area contributed by atoms with Crippen LogP contribution in [0.3, 0.4) is 0 Å². The third-order valence-corrected chi connectivity index (χ3v) is 6.62. The van der Waals surface area contributed by atoms with Gasteiger partial charge in [0.25, 0.3) is 5.91 Å². The van der Waals surface area contributed by atoms with Crippen LogP contribution in [0, 0.1) is 0 Å². The zero-order valence-corrected chi connectivity index (χ0v) is 19.8. The lowest BCUT2D eigenvalue weighted by Gasteiger charge is -2.31. The summed E-state index contributed by atoms with van der Waals surface area (Å²) < 4.78 is 7.26. The van der Waals surface area contributed by atoms with Gasteiger partial charge >= 0.3 is 0 Å². The summed E-state index contributed by atoms with van der Waals surface area (Å²) in [6.07, 6.45) is 6.48. The number of aryl methyl sites for hydroxylation is 1. The summed E-state index contributed by atoms with van der Waals surface area (Å²) in [5.41, 5.74) is 3.24. The summed E-state index contributed by atoms with van der Waals surface area (Å²) >= 11 is 0. The first-order chi connectivity index (χ1) is 17.1. The normalized spacial score (nSPS) is 14.8. The van der Waals surface area contributed by atoms with Crippen LogP contribution in [0.15, 0.2) is 71.3 Å². The lowest BCUT2D eigenvalue weighted by molar-refractivity contribution is -0.127. The predicted octanol–water partition coefficient (Wildman–Crippen LogP) is 4.42. The molecule has 0 aliphatic heterocycles. The topological polar surface area (TPSA) is 93.3 Å². The van der Waals surface area contributed by atoms with E-state index in [0.717, 1.165) is 43.2 Å². The molecule has 4 aromatic rings. The molecule has 0 saturated heterocycles. The van der Waals surface area contributed by atoms with Crippen LogP contribution in [0.2, 0.25) is 0 Å². The number of carbonyl (C=O) groups excluding carboxylic acids is 2. The first kappa shape index (κ1) is 22.8. The zero-order valence-electron chi connectivity index (χ0n) is 19.8. The Hall–Kier alpha value is -3.94. The summed E-state index contributed by atoms with van der Waals surface area (Å²) in [5, 5.41) is 11.5. The second-order valence-electron chi connectivity index (χ2n) is 8.93. The molecule has 0 radical (unpaired) electrons. The molecule has 1 saturated carbocycles. The van der Waals surface area contributed by atoms with Gasteiger partial charge in [-0.05, 0) is 61.2 Å². The largest absolute Gasteiger partial charge is 0.467 e. The van der Waals surface area contributed by atoms with Gasteiger partial charge in [-0.25, -0.2) is 4.68 Å². The van der Waals surface area contributed by atoms with Crippen LogP contribution in [0.25, 0.3) is 11.0 Å². The molecular formula is C27H29N5O3. The van der Waals surface area contributed by atoms with E-state index >= 15 is 0 Å². The Kier molecular flexibility index (Phi) is 6.61. The van der Waals surface area contributed by atoms with Gasteiger partial charge in [0.15, 0.2) is 6.04 Å². The van der Waals surface area contributed by atoms with Crippen molar-refractivity contribution in [2.24, 2.45) is 0 Å². The molecule has 0 bridgehead atoms. The number of furan rings is 1. The molecule has 1 N–H and O–H groups in total. The molecule has 2 heterocycles. The quantitative estimate of drug-likeness (QED) is 0.411. The van der Waals surface area contributed by atoms with Crippen LogP contribution >= 0.6 is 0 Å². The van der Waals surface area contributed by atoms with Crippen LogP contribution in [0.1, 0.15) is 50.0 Å². The number of hydrogen-bond donors (Lipinski definition) is 1. The van der Waals surface area contributed by atoms with Crippen LogP contribution in [-0.2, 0) is 22.6 Å². The van der Waals surface area contributed by atoms with Crippen molar-refractivity contribution in [3.63, 3.8) is 0 Å². The highest BCUT2D eigenvalue weighted by Gasteiger charge is 2.36. The molecule has 0 unspecified atom stereocenters. The molecule has 1 atom stereocenters. The van der Waals surface area contributed by atoms with Crippen molar-refractivity contribution in [3.8, 4) is 0 Å². The maximum absolute atomic E-state index is 13.9. The van der Waals surface area contributed by atoms with Crippen LogP contribution in [0.5, 0.6) is 0 Å². The monoisotopic (exact) mass is 471 g/mol. The van der Waals surface area contributed by atoms with Crippen molar-refractivity contribution in [1.82, 2.24) is 20.3 Å². The molecule has 180 valence electrons. The standard InChI is InChI=1S/C27H29N5O3/c1-2-19-13-15-21(16-14-19)32(25(33)18-31-23-11-6-5-10-22(23)29-30-31)26(24-12-7-17-35-24)27(34)28-20-8-3-4-9-20/h5-7,10-17,20,26H,2-4,8-9,18H2,1H3,(H,28,34)/t26-/m1/s1. The lowest BCUT2D eigenvalue weighted by atomic mass is 10.1. The van der Waals surface area contributed by atoms with E-state index in [9.17, 15) is 9.59 Å². The van der Waals surface area contributed by atoms with Gasteiger partial charge in [0, 0.05) is 11.7 Å². The van der Waals surface area contributed by atoms with Crippen molar-refractivity contribution >= 4 is 28.5 Å². The van der Waals surface area contributed by atoms with Gasteiger partial charge in [-0.2, -0.15) is 0 Å². The number of carbonyl (C=O) groups is 2. The van der Waals surface area contributed by atoms with Crippen molar-refractivity contribution in [3.05, 3.63) is 78.3 Å². The molecule has 5 rings (SSSR count). The number of amides is 2. The van der Waals surface area contributed by atoms with E-state index in [1.165, 1.54) is 11.2 Å². The highest BCUT2D eigenvalue weighted by molar-refractivity contribution is 6.01. The summed E-state index contributed by atoms with van der Waals surface area (Å²) in [7, 11) is 0. The predicted molar refractivity (Wildman–Crippen MR) is 133 cm³/mol. The Morgan fingerprint density at radius 2 is 1.86 bits per heavy atom. The molecule has 35 heavy (non-hydrogen) atoms. The van der Waals surface area contributed by atoms with E-state index in [1.54, 1.807) is 16.8 Å². The average molecular weight is 472 g/mol. The summed E-state index contributed by atoms with van der Waals surface area (Å²) in [6, 6.07) is 17.9. The van der Waals surface area contributed by atoms with E-state index in [1.807, 2.05) is 48.5 Å². The fraction of sp³-hybridized carbons (Fsp3) is 0.333. The maximum Gasteiger partial charge on any atom is 0.251 e. The minimum atomic E-state index is -0.944. The van der Waals surface area contributed by atoms with Gasteiger partial charge in [-0.3, -0.25) is 14.5 Å². The van der Waals surface area contributed by atoms with Crippen LogP contribution in [0.4, 0.5) is 5.69 Å². The number of benzene rings is 2. The van der Waals surface area contributed by atoms with Gasteiger partial charge < -0.3 is 9.73 Å². The number of nitrogens with one attached hydrogen (secondary N) is 1. The summed E-state index contributed by atoms with van der Waals surface area (Å²) in [5.74, 6) is -0.118.